The number of carbonyl (C=O) groups is 1. The Morgan fingerprint density at radius 2 is 1.95 bits per heavy atom. The monoisotopic (exact) mass is 284 g/mol. The van der Waals surface area contributed by atoms with Crippen LogP contribution in [0.1, 0.15) is 21.5 Å². The van der Waals surface area contributed by atoms with E-state index in [0.717, 1.165) is 16.9 Å². The predicted octanol–water partition coefficient (Wildman–Crippen LogP) is 2.86. The van der Waals surface area contributed by atoms with Gasteiger partial charge >= 0.3 is 0 Å². The van der Waals surface area contributed by atoms with Crippen LogP contribution in [0, 0.1) is 6.92 Å². The van der Waals surface area contributed by atoms with E-state index in [0.29, 0.717) is 17.8 Å². The average molecular weight is 284 g/mol. The number of nitrogens with zero attached hydrogens (tertiary/aromatic N) is 1. The first-order valence-electron chi connectivity index (χ1n) is 6.76. The van der Waals surface area contributed by atoms with Crippen LogP contribution in [-0.4, -0.2) is 25.0 Å². The first-order chi connectivity index (χ1) is 10.0. The third-order valence-corrected chi connectivity index (χ3v) is 3.44. The van der Waals surface area contributed by atoms with Crippen molar-refractivity contribution in [3.8, 4) is 5.75 Å². The van der Waals surface area contributed by atoms with Crippen molar-refractivity contribution in [2.75, 3.05) is 19.9 Å². The maximum atomic E-state index is 12.6. The normalized spacial score (nSPS) is 10.2. The maximum absolute atomic E-state index is 12.6. The molecule has 0 aromatic heterocycles. The maximum Gasteiger partial charge on any atom is 0.254 e. The predicted molar refractivity (Wildman–Crippen MR) is 84.4 cm³/mol. The largest absolute Gasteiger partial charge is 0.496 e. The highest BCUT2D eigenvalue weighted by Crippen LogP contribution is 2.21. The molecule has 2 aromatic rings. The molecule has 0 aliphatic rings. The molecule has 2 N–H and O–H groups in total. The molecule has 110 valence electrons. The van der Waals surface area contributed by atoms with Gasteiger partial charge in [-0.05, 0) is 30.7 Å². The number of amides is 1. The molecule has 0 radical (unpaired) electrons. The van der Waals surface area contributed by atoms with E-state index < -0.39 is 0 Å². The van der Waals surface area contributed by atoms with Crippen LogP contribution in [0.15, 0.2) is 42.5 Å². The number of nitrogen functional groups attached to an aromatic ring is 1. The number of nitrogens with two attached hydrogens (primary N) is 1. The summed E-state index contributed by atoms with van der Waals surface area (Å²) in [7, 11) is 3.40. The molecule has 2 rings (SSSR count). The van der Waals surface area contributed by atoms with E-state index in [1.165, 1.54) is 0 Å². The Kier molecular flexibility index (Phi) is 4.48. The van der Waals surface area contributed by atoms with Crippen LogP contribution in [0.3, 0.4) is 0 Å². The van der Waals surface area contributed by atoms with Crippen LogP contribution in [0.4, 0.5) is 5.69 Å². The number of aryl methyl sites for hydroxylation is 1. The second-order valence-electron chi connectivity index (χ2n) is 5.05. The van der Waals surface area contributed by atoms with Gasteiger partial charge in [0.25, 0.3) is 5.91 Å². The molecule has 0 heterocycles. The van der Waals surface area contributed by atoms with Crippen LogP contribution in [0.25, 0.3) is 0 Å². The van der Waals surface area contributed by atoms with Crippen molar-refractivity contribution in [1.29, 1.82) is 0 Å². The Morgan fingerprint density at radius 1 is 1.24 bits per heavy atom. The summed E-state index contributed by atoms with van der Waals surface area (Å²) in [4.78, 5) is 14.2. The van der Waals surface area contributed by atoms with Gasteiger partial charge in [0.15, 0.2) is 0 Å². The summed E-state index contributed by atoms with van der Waals surface area (Å²) in [6.45, 7) is 2.39. The molecule has 21 heavy (non-hydrogen) atoms. The number of methoxy groups -OCH3 is 1. The number of para-hydroxylation sites is 1. The first-order valence-corrected chi connectivity index (χ1v) is 6.76. The van der Waals surface area contributed by atoms with Gasteiger partial charge in [-0.3, -0.25) is 4.79 Å². The van der Waals surface area contributed by atoms with Gasteiger partial charge in [-0.1, -0.05) is 24.3 Å². The van der Waals surface area contributed by atoms with Gasteiger partial charge in [0, 0.05) is 30.4 Å². The van der Waals surface area contributed by atoms with E-state index in [4.69, 9.17) is 10.5 Å². The number of hydrogen-bond acceptors (Lipinski definition) is 3. The number of anilines is 1. The summed E-state index contributed by atoms with van der Waals surface area (Å²) in [6, 6.07) is 13.1. The fourth-order valence-corrected chi connectivity index (χ4v) is 2.24. The highest BCUT2D eigenvalue weighted by molar-refractivity contribution is 5.96. The zero-order chi connectivity index (χ0) is 15.4. The van der Waals surface area contributed by atoms with Gasteiger partial charge in [-0.2, -0.15) is 0 Å². The van der Waals surface area contributed by atoms with Crippen LogP contribution in [0.5, 0.6) is 5.75 Å². The highest BCUT2D eigenvalue weighted by atomic mass is 16.5. The number of carbonyl (C=O) groups excluding carboxylic acids is 1. The molecule has 0 saturated heterocycles. The quantitative estimate of drug-likeness (QED) is 0.878. The molecular weight excluding hydrogens is 264 g/mol. The summed E-state index contributed by atoms with van der Waals surface area (Å²) in [5.41, 5.74) is 8.88. The van der Waals surface area contributed by atoms with E-state index in [-0.39, 0.29) is 5.91 Å². The Labute approximate surface area is 125 Å². The van der Waals surface area contributed by atoms with Crippen molar-refractivity contribution >= 4 is 11.6 Å². The number of hydrogen-bond donors (Lipinski definition) is 1. The molecule has 0 aliphatic carbocycles. The van der Waals surface area contributed by atoms with Gasteiger partial charge in [-0.15, -0.1) is 0 Å². The minimum Gasteiger partial charge on any atom is -0.496 e. The van der Waals surface area contributed by atoms with Gasteiger partial charge in [0.05, 0.1) is 7.11 Å². The Hall–Kier alpha value is -2.49. The zero-order valence-corrected chi connectivity index (χ0v) is 12.6. The number of ether oxygens (including phenoxy) is 1. The summed E-state index contributed by atoms with van der Waals surface area (Å²) in [5.74, 6) is 0.729. The van der Waals surface area contributed by atoms with Gasteiger partial charge in [-0.25, -0.2) is 0 Å². The topological polar surface area (TPSA) is 55.6 Å². The minimum absolute atomic E-state index is 0.0503. The summed E-state index contributed by atoms with van der Waals surface area (Å²) >= 11 is 0. The molecule has 0 aliphatic heterocycles. The molecule has 1 amide bonds. The molecule has 0 spiro atoms. The third-order valence-electron chi connectivity index (χ3n) is 3.44. The number of benzene rings is 2. The molecule has 4 nitrogen and oxygen atoms in total. The van der Waals surface area contributed by atoms with Crippen molar-refractivity contribution < 1.29 is 9.53 Å². The lowest BCUT2D eigenvalue weighted by Gasteiger charge is -2.20. The third kappa shape index (κ3) is 3.34. The Bertz CT molecular complexity index is 653. The first kappa shape index (κ1) is 14.9. The minimum atomic E-state index is -0.0503. The Balaban J connectivity index is 2.22. The van der Waals surface area contributed by atoms with Crippen LogP contribution < -0.4 is 10.5 Å². The summed E-state index contributed by atoms with van der Waals surface area (Å²) in [6.07, 6.45) is 0. The molecule has 2 aromatic carbocycles. The molecule has 4 heteroatoms. The lowest BCUT2D eigenvalue weighted by atomic mass is 10.1. The van der Waals surface area contributed by atoms with Gasteiger partial charge in [0.1, 0.15) is 5.75 Å². The number of rotatable bonds is 4. The van der Waals surface area contributed by atoms with Crippen molar-refractivity contribution in [1.82, 2.24) is 4.90 Å². The van der Waals surface area contributed by atoms with Crippen LogP contribution in [-0.2, 0) is 6.54 Å². The second kappa shape index (κ2) is 6.31. The fraction of sp³-hybridized carbons (Fsp3) is 0.235. The molecule has 0 unspecified atom stereocenters. The molecule has 0 bridgehead atoms. The molecule has 0 atom stereocenters. The standard InChI is InChI=1S/C17H20N2O2/c1-12-8-9-14(18)10-15(12)17(20)19(2)11-13-6-4-5-7-16(13)21-3/h4-10H,11,18H2,1-3H3. The molecular formula is C17H20N2O2. The van der Waals surface area contributed by atoms with E-state index in [9.17, 15) is 4.79 Å². The lowest BCUT2D eigenvalue weighted by Crippen LogP contribution is -2.27. The SMILES string of the molecule is COc1ccccc1CN(C)C(=O)c1cc(N)ccc1C. The van der Waals surface area contributed by atoms with Crippen LogP contribution >= 0.6 is 0 Å². The Morgan fingerprint density at radius 3 is 2.67 bits per heavy atom. The zero-order valence-electron chi connectivity index (χ0n) is 12.6. The summed E-state index contributed by atoms with van der Waals surface area (Å²) in [5, 5.41) is 0. The van der Waals surface area contributed by atoms with Gasteiger partial charge in [0.2, 0.25) is 0 Å². The van der Waals surface area contributed by atoms with E-state index >= 15 is 0 Å². The smallest absolute Gasteiger partial charge is 0.254 e. The van der Waals surface area contributed by atoms with Crippen molar-refractivity contribution in [3.05, 3.63) is 59.2 Å². The average Bonchev–Trinajstić information content (AvgIpc) is 2.49. The fourth-order valence-electron chi connectivity index (χ4n) is 2.24. The highest BCUT2D eigenvalue weighted by Gasteiger charge is 2.16. The molecule has 0 saturated carbocycles. The van der Waals surface area contributed by atoms with Crippen molar-refractivity contribution in [3.63, 3.8) is 0 Å². The molecule has 0 fully saturated rings. The van der Waals surface area contributed by atoms with Crippen molar-refractivity contribution in [2.45, 2.75) is 13.5 Å². The van der Waals surface area contributed by atoms with Crippen LogP contribution in [0.2, 0.25) is 0 Å². The van der Waals surface area contributed by atoms with Gasteiger partial charge < -0.3 is 15.4 Å². The van der Waals surface area contributed by atoms with E-state index in [1.54, 1.807) is 31.2 Å². The summed E-state index contributed by atoms with van der Waals surface area (Å²) < 4.78 is 5.32. The lowest BCUT2D eigenvalue weighted by molar-refractivity contribution is 0.0783. The van der Waals surface area contributed by atoms with E-state index in [2.05, 4.69) is 0 Å². The van der Waals surface area contributed by atoms with Crippen molar-refractivity contribution in [2.24, 2.45) is 0 Å². The second-order valence-corrected chi connectivity index (χ2v) is 5.05. The van der Waals surface area contributed by atoms with E-state index in [1.807, 2.05) is 37.3 Å².